The van der Waals surface area contributed by atoms with E-state index in [2.05, 4.69) is 28.8 Å². The molecule has 5 nitrogen and oxygen atoms in total. The van der Waals surface area contributed by atoms with Gasteiger partial charge in [-0.3, -0.25) is 0 Å². The third kappa shape index (κ3) is 6.08. The molecular formula is C24H19Cl2NO4S. The Labute approximate surface area is 196 Å². The highest BCUT2D eigenvalue weighted by Crippen LogP contribution is 2.24. The average molecular weight is 488 g/mol. The maximum Gasteiger partial charge on any atom is 0.212 e. The van der Waals surface area contributed by atoms with E-state index in [0.29, 0.717) is 10.0 Å². The minimum atomic E-state index is -4.33. The normalized spacial score (nSPS) is 11.4. The van der Waals surface area contributed by atoms with Crippen LogP contribution in [0, 0.1) is 0 Å². The third-order valence-corrected chi connectivity index (χ3v) is 6.04. The Morgan fingerprint density at radius 2 is 1.59 bits per heavy atom. The van der Waals surface area contributed by atoms with Crippen molar-refractivity contribution in [3.8, 4) is 5.75 Å². The molecule has 4 rings (SSSR count). The number of phenolic OH excluding ortho intramolecular Hbond substituents is 1. The predicted octanol–water partition coefficient (Wildman–Crippen LogP) is 5.44. The molecular weight excluding hydrogens is 469 g/mol. The van der Waals surface area contributed by atoms with Gasteiger partial charge >= 0.3 is 0 Å². The van der Waals surface area contributed by atoms with Crippen molar-refractivity contribution < 1.29 is 22.6 Å². The SMILES string of the molecule is C[n+]1c(C=Cc2ccc(O)c(Cl)c2)ccc2ccccc21.O=S(=O)([O-])c1ccc(Cl)cc1. The van der Waals surface area contributed by atoms with Crippen LogP contribution in [-0.4, -0.2) is 18.1 Å². The summed E-state index contributed by atoms with van der Waals surface area (Å²) in [4.78, 5) is -0.262. The first-order valence-electron chi connectivity index (χ1n) is 9.41. The predicted molar refractivity (Wildman–Crippen MR) is 127 cm³/mol. The fourth-order valence-electron chi connectivity index (χ4n) is 2.94. The Kier molecular flexibility index (Phi) is 7.53. The van der Waals surface area contributed by atoms with Crippen molar-refractivity contribution in [1.29, 1.82) is 0 Å². The summed E-state index contributed by atoms with van der Waals surface area (Å²) in [6.45, 7) is 0. The largest absolute Gasteiger partial charge is 0.744 e. The van der Waals surface area contributed by atoms with Crippen molar-refractivity contribution in [1.82, 2.24) is 0 Å². The van der Waals surface area contributed by atoms with Crippen LogP contribution in [0.1, 0.15) is 11.3 Å². The molecule has 3 aromatic carbocycles. The molecule has 0 amide bonds. The number of nitrogens with zero attached hydrogens (tertiary/aromatic N) is 1. The zero-order valence-corrected chi connectivity index (χ0v) is 19.3. The number of hydrogen-bond donors (Lipinski definition) is 1. The minimum Gasteiger partial charge on any atom is -0.744 e. The van der Waals surface area contributed by atoms with Gasteiger partial charge in [-0.25, -0.2) is 8.42 Å². The van der Waals surface area contributed by atoms with Crippen molar-refractivity contribution >= 4 is 56.4 Å². The summed E-state index contributed by atoms with van der Waals surface area (Å²) in [7, 11) is -2.28. The molecule has 0 aliphatic heterocycles. The second kappa shape index (κ2) is 10.1. The third-order valence-electron chi connectivity index (χ3n) is 4.64. The van der Waals surface area contributed by atoms with E-state index in [1.165, 1.54) is 35.2 Å². The van der Waals surface area contributed by atoms with Crippen LogP contribution >= 0.6 is 23.2 Å². The fraction of sp³-hybridized carbons (Fsp3) is 0.0417. The molecule has 1 heterocycles. The number of halogens is 2. The van der Waals surface area contributed by atoms with Crippen molar-refractivity contribution in [3.63, 3.8) is 0 Å². The average Bonchev–Trinajstić information content (AvgIpc) is 2.76. The van der Waals surface area contributed by atoms with Gasteiger partial charge in [-0.2, -0.15) is 4.57 Å². The molecule has 8 heteroatoms. The number of phenols is 1. The number of benzene rings is 3. The van der Waals surface area contributed by atoms with Gasteiger partial charge in [0.2, 0.25) is 11.2 Å². The number of para-hydroxylation sites is 1. The highest BCUT2D eigenvalue weighted by atomic mass is 35.5. The Morgan fingerprint density at radius 1 is 0.906 bits per heavy atom. The summed E-state index contributed by atoms with van der Waals surface area (Å²) in [5, 5.41) is 11.4. The van der Waals surface area contributed by atoms with Crippen LogP contribution in [0.5, 0.6) is 5.75 Å². The van der Waals surface area contributed by atoms with Crippen LogP contribution < -0.4 is 4.57 Å². The zero-order valence-electron chi connectivity index (χ0n) is 16.9. The first kappa shape index (κ1) is 23.8. The van der Waals surface area contributed by atoms with Gasteiger partial charge < -0.3 is 9.66 Å². The van der Waals surface area contributed by atoms with E-state index in [0.717, 1.165) is 11.3 Å². The fourth-order valence-corrected chi connectivity index (χ4v) is 3.72. The van der Waals surface area contributed by atoms with Crippen LogP contribution in [0.4, 0.5) is 0 Å². The summed E-state index contributed by atoms with van der Waals surface area (Å²) >= 11 is 11.4. The Hall–Kier alpha value is -2.90. The Bertz CT molecular complexity index is 1390. The first-order chi connectivity index (χ1) is 15.1. The van der Waals surface area contributed by atoms with E-state index < -0.39 is 10.1 Å². The van der Waals surface area contributed by atoms with Crippen molar-refractivity contribution in [2.75, 3.05) is 0 Å². The van der Waals surface area contributed by atoms with Crippen molar-refractivity contribution in [3.05, 3.63) is 100 Å². The van der Waals surface area contributed by atoms with Gasteiger partial charge in [-0.05, 0) is 60.2 Å². The smallest absolute Gasteiger partial charge is 0.212 e. The summed E-state index contributed by atoms with van der Waals surface area (Å²) < 4.78 is 33.2. The maximum absolute atomic E-state index is 10.3. The van der Waals surface area contributed by atoms with Crippen molar-refractivity contribution in [2.24, 2.45) is 7.05 Å². The number of aromatic hydroxyl groups is 1. The lowest BCUT2D eigenvalue weighted by Gasteiger charge is -2.05. The van der Waals surface area contributed by atoms with Crippen LogP contribution in [-0.2, 0) is 17.2 Å². The summed E-state index contributed by atoms with van der Waals surface area (Å²) in [5.74, 6) is 0.102. The summed E-state index contributed by atoms with van der Waals surface area (Å²) in [5.41, 5.74) is 3.23. The molecule has 0 spiro atoms. The monoisotopic (exact) mass is 487 g/mol. The van der Waals surface area contributed by atoms with Gasteiger partial charge in [0, 0.05) is 28.6 Å². The van der Waals surface area contributed by atoms with E-state index in [1.54, 1.807) is 12.1 Å². The van der Waals surface area contributed by atoms with E-state index in [-0.39, 0.29) is 10.6 Å². The van der Waals surface area contributed by atoms with Crippen LogP contribution in [0.15, 0.2) is 83.8 Å². The lowest BCUT2D eigenvalue weighted by molar-refractivity contribution is -0.646. The number of aryl methyl sites for hydroxylation is 1. The molecule has 0 radical (unpaired) electrons. The molecule has 0 aliphatic rings. The van der Waals surface area contributed by atoms with E-state index in [4.69, 9.17) is 23.2 Å². The Morgan fingerprint density at radius 3 is 2.25 bits per heavy atom. The van der Waals surface area contributed by atoms with Crippen LogP contribution in [0.3, 0.4) is 0 Å². The van der Waals surface area contributed by atoms with Gasteiger partial charge in [0.15, 0.2) is 0 Å². The van der Waals surface area contributed by atoms with Gasteiger partial charge in [-0.15, -0.1) is 0 Å². The molecule has 4 aromatic rings. The standard InChI is InChI=1S/C18H14ClNO.C6H5ClO3S/c1-20-15(10-8-14-4-2-3-5-17(14)20)9-6-13-7-11-18(21)16(19)12-13;7-5-1-3-6(4-2-5)11(8,9)10/h2-12H,1H3;1-4H,(H,8,9,10). The molecule has 1 N–H and O–H groups in total. The van der Waals surface area contributed by atoms with E-state index in [1.807, 2.05) is 37.4 Å². The molecule has 0 bridgehead atoms. The van der Waals surface area contributed by atoms with E-state index >= 15 is 0 Å². The number of aromatic nitrogens is 1. The van der Waals surface area contributed by atoms with Gasteiger partial charge in [0.05, 0.1) is 9.92 Å². The van der Waals surface area contributed by atoms with E-state index in [9.17, 15) is 18.1 Å². The number of fused-ring (bicyclic) bond motifs is 1. The summed E-state index contributed by atoms with van der Waals surface area (Å²) in [6.07, 6.45) is 4.02. The number of pyridine rings is 1. The molecule has 0 aliphatic carbocycles. The van der Waals surface area contributed by atoms with Crippen LogP contribution in [0.2, 0.25) is 10.0 Å². The molecule has 32 heavy (non-hydrogen) atoms. The molecule has 0 unspecified atom stereocenters. The molecule has 0 fully saturated rings. The highest BCUT2D eigenvalue weighted by Gasteiger charge is 2.08. The molecule has 0 saturated carbocycles. The van der Waals surface area contributed by atoms with Gasteiger partial charge in [-0.1, -0.05) is 41.4 Å². The second-order valence-electron chi connectivity index (χ2n) is 6.83. The molecule has 1 aromatic heterocycles. The highest BCUT2D eigenvalue weighted by molar-refractivity contribution is 7.85. The van der Waals surface area contributed by atoms with Gasteiger partial charge in [0.1, 0.15) is 22.9 Å². The number of rotatable bonds is 3. The zero-order chi connectivity index (χ0) is 23.3. The quantitative estimate of drug-likeness (QED) is 0.308. The second-order valence-corrected chi connectivity index (χ2v) is 9.05. The maximum atomic E-state index is 10.3. The lowest BCUT2D eigenvalue weighted by Crippen LogP contribution is -2.32. The van der Waals surface area contributed by atoms with Crippen molar-refractivity contribution in [2.45, 2.75) is 4.90 Å². The minimum absolute atomic E-state index is 0.102. The Balaban J connectivity index is 0.000000222. The molecule has 0 saturated heterocycles. The molecule has 0 atom stereocenters. The first-order valence-corrected chi connectivity index (χ1v) is 11.6. The molecule has 164 valence electrons. The van der Waals surface area contributed by atoms with Gasteiger partial charge in [0.25, 0.3) is 0 Å². The topological polar surface area (TPSA) is 81.3 Å². The van der Waals surface area contributed by atoms with Crippen LogP contribution in [0.25, 0.3) is 23.1 Å². The number of hydrogen-bond acceptors (Lipinski definition) is 4. The lowest BCUT2D eigenvalue weighted by atomic mass is 10.1. The summed E-state index contributed by atoms with van der Waals surface area (Å²) in [6, 6.07) is 22.7.